The van der Waals surface area contributed by atoms with E-state index in [1.165, 1.54) is 18.2 Å². The molecule has 1 saturated heterocycles. The lowest BCUT2D eigenvalue weighted by Gasteiger charge is -2.40. The number of benzene rings is 2. The van der Waals surface area contributed by atoms with Crippen LogP contribution in [0.1, 0.15) is 20.8 Å². The van der Waals surface area contributed by atoms with Crippen LogP contribution in [0.15, 0.2) is 39.5 Å². The second-order valence-corrected chi connectivity index (χ2v) is 8.59. The average Bonchev–Trinajstić information content (AvgIpc) is 2.74. The number of phenolic OH excluding ortho intramolecular Hbond substituents is 3. The minimum absolute atomic E-state index is 0. The first kappa shape index (κ1) is 26.4. The summed E-state index contributed by atoms with van der Waals surface area (Å²) >= 11 is 0. The van der Waals surface area contributed by atoms with Crippen LogP contribution in [0, 0.1) is 0 Å². The summed E-state index contributed by atoms with van der Waals surface area (Å²) in [4.78, 5) is 14.6. The summed E-state index contributed by atoms with van der Waals surface area (Å²) in [5, 5.41) is 50.8. The van der Waals surface area contributed by atoms with Crippen molar-refractivity contribution < 1.29 is 39.4 Å². The van der Waals surface area contributed by atoms with Crippen molar-refractivity contribution in [1.82, 2.24) is 4.90 Å². The van der Waals surface area contributed by atoms with Gasteiger partial charge in [-0.1, -0.05) is 0 Å². The highest BCUT2D eigenvalue weighted by atomic mass is 35.5. The summed E-state index contributed by atoms with van der Waals surface area (Å²) in [5.74, 6) is -2.08. The van der Waals surface area contributed by atoms with Gasteiger partial charge in [0.15, 0.2) is 23.5 Å². The quantitative estimate of drug-likeness (QED) is 0.347. The van der Waals surface area contributed by atoms with Crippen molar-refractivity contribution >= 4 is 23.4 Å². The summed E-state index contributed by atoms with van der Waals surface area (Å²) in [6.45, 7) is 6.42. The van der Waals surface area contributed by atoms with Gasteiger partial charge in [0.05, 0.1) is 12.2 Å². The molecule has 2 aromatic carbocycles. The average molecular weight is 510 g/mol. The van der Waals surface area contributed by atoms with E-state index in [2.05, 4.69) is 0 Å². The highest BCUT2D eigenvalue weighted by Crippen LogP contribution is 2.38. The number of hydrogen-bond donors (Lipinski definition) is 5. The molecule has 5 N–H and O–H groups in total. The van der Waals surface area contributed by atoms with Crippen molar-refractivity contribution in [1.29, 1.82) is 0 Å². The molecule has 1 aliphatic rings. The number of aromatic hydroxyl groups is 4. The summed E-state index contributed by atoms with van der Waals surface area (Å²) in [6, 6.07) is 6.18. The Balaban J connectivity index is 0.00000342. The molecule has 1 aromatic heterocycles. The van der Waals surface area contributed by atoms with Crippen LogP contribution in [0.2, 0.25) is 0 Å². The number of fused-ring (bicyclic) bond motifs is 1. The summed E-state index contributed by atoms with van der Waals surface area (Å²) in [6.07, 6.45) is -1.88. The molecule has 0 amide bonds. The molecule has 4 rings (SSSR count). The summed E-state index contributed by atoms with van der Waals surface area (Å²) < 4.78 is 17.4. The number of morpholine rings is 1. The molecule has 0 spiro atoms. The largest absolute Gasteiger partial charge is 0.508 e. The molecule has 3 aromatic rings. The third-order valence-corrected chi connectivity index (χ3v) is 5.63. The van der Waals surface area contributed by atoms with E-state index in [9.17, 15) is 30.3 Å². The lowest BCUT2D eigenvalue weighted by Crippen LogP contribution is -2.55. The number of hydrogen-bond acceptors (Lipinski definition) is 10. The van der Waals surface area contributed by atoms with Crippen LogP contribution >= 0.6 is 12.4 Å². The van der Waals surface area contributed by atoms with Gasteiger partial charge in [-0.05, 0) is 39.0 Å². The highest BCUT2D eigenvalue weighted by Gasteiger charge is 2.32. The van der Waals surface area contributed by atoms with E-state index >= 15 is 0 Å². The first-order valence-corrected chi connectivity index (χ1v) is 10.8. The van der Waals surface area contributed by atoms with E-state index in [1.807, 2.05) is 18.7 Å². The lowest BCUT2D eigenvalue weighted by atomic mass is 10.1. The fourth-order valence-corrected chi connectivity index (χ4v) is 4.25. The molecule has 4 atom stereocenters. The van der Waals surface area contributed by atoms with Gasteiger partial charge >= 0.3 is 0 Å². The molecule has 0 radical (unpaired) electrons. The highest BCUT2D eigenvalue weighted by molar-refractivity contribution is 5.88. The topological polar surface area (TPSA) is 153 Å². The predicted octanol–water partition coefficient (Wildman–Crippen LogP) is 2.90. The van der Waals surface area contributed by atoms with Crippen molar-refractivity contribution in [2.24, 2.45) is 0 Å². The molecule has 2 heterocycles. The maximum atomic E-state index is 12.7. The number of phenols is 3. The third-order valence-electron chi connectivity index (χ3n) is 5.63. The number of ether oxygens (including phenoxy) is 2. The SMILES string of the molecule is CC(O)C(Oc1cc(-c2oc3cc(O)cc(O)c3c(=O)c2O)ccc1O)N1C[C@@H](C)O[C@@H](C)C1.Cl. The Labute approximate surface area is 207 Å². The molecule has 190 valence electrons. The molecule has 35 heavy (non-hydrogen) atoms. The van der Waals surface area contributed by atoms with Crippen LogP contribution < -0.4 is 10.2 Å². The van der Waals surface area contributed by atoms with Gasteiger partial charge < -0.3 is 39.4 Å². The van der Waals surface area contributed by atoms with Gasteiger partial charge in [-0.25, -0.2) is 0 Å². The number of aliphatic hydroxyl groups is 1. The van der Waals surface area contributed by atoms with Crippen molar-refractivity contribution in [2.45, 2.75) is 45.3 Å². The first-order valence-electron chi connectivity index (χ1n) is 10.8. The Kier molecular flexibility index (Phi) is 7.71. The second-order valence-electron chi connectivity index (χ2n) is 8.59. The second kappa shape index (κ2) is 10.2. The zero-order valence-electron chi connectivity index (χ0n) is 19.3. The van der Waals surface area contributed by atoms with Crippen LogP contribution in [0.25, 0.3) is 22.3 Å². The van der Waals surface area contributed by atoms with E-state index in [4.69, 9.17) is 13.9 Å². The Bertz CT molecular complexity index is 1270. The van der Waals surface area contributed by atoms with E-state index in [0.29, 0.717) is 13.1 Å². The van der Waals surface area contributed by atoms with E-state index in [1.54, 1.807) is 6.92 Å². The van der Waals surface area contributed by atoms with Crippen LogP contribution in [0.3, 0.4) is 0 Å². The molecule has 2 unspecified atom stereocenters. The first-order chi connectivity index (χ1) is 16.0. The zero-order chi connectivity index (χ0) is 24.7. The molecular weight excluding hydrogens is 482 g/mol. The Morgan fingerprint density at radius 3 is 2.31 bits per heavy atom. The van der Waals surface area contributed by atoms with Gasteiger partial charge in [-0.15, -0.1) is 12.4 Å². The van der Waals surface area contributed by atoms with Crippen molar-refractivity contribution in [3.63, 3.8) is 0 Å². The predicted molar refractivity (Wildman–Crippen MR) is 130 cm³/mol. The fraction of sp³-hybridized carbons (Fsp3) is 0.375. The van der Waals surface area contributed by atoms with Gasteiger partial charge in [0.1, 0.15) is 28.6 Å². The van der Waals surface area contributed by atoms with Gasteiger partial charge in [-0.3, -0.25) is 9.69 Å². The van der Waals surface area contributed by atoms with Gasteiger partial charge in [0.25, 0.3) is 0 Å². The summed E-state index contributed by atoms with van der Waals surface area (Å²) in [7, 11) is 0. The Morgan fingerprint density at radius 1 is 1.03 bits per heavy atom. The lowest BCUT2D eigenvalue weighted by molar-refractivity contribution is -0.138. The Morgan fingerprint density at radius 2 is 1.69 bits per heavy atom. The van der Waals surface area contributed by atoms with Crippen molar-refractivity contribution in [2.75, 3.05) is 13.1 Å². The molecule has 1 fully saturated rings. The minimum Gasteiger partial charge on any atom is -0.508 e. The Hall–Kier alpha value is -3.18. The molecule has 0 saturated carbocycles. The van der Waals surface area contributed by atoms with Gasteiger partial charge in [0, 0.05) is 30.8 Å². The van der Waals surface area contributed by atoms with Crippen molar-refractivity contribution in [3.05, 3.63) is 40.6 Å². The maximum Gasteiger partial charge on any atom is 0.238 e. The number of nitrogens with zero attached hydrogens (tertiary/aromatic N) is 1. The maximum absolute atomic E-state index is 12.7. The minimum atomic E-state index is -0.918. The van der Waals surface area contributed by atoms with Crippen LogP contribution in [-0.4, -0.2) is 68.1 Å². The number of aliphatic hydroxyl groups excluding tert-OH is 1. The van der Waals surface area contributed by atoms with E-state index in [-0.39, 0.29) is 64.2 Å². The van der Waals surface area contributed by atoms with Crippen LogP contribution in [0.4, 0.5) is 0 Å². The molecule has 11 heteroatoms. The molecular formula is C24H28ClNO9. The molecule has 1 aliphatic heterocycles. The smallest absolute Gasteiger partial charge is 0.238 e. The summed E-state index contributed by atoms with van der Waals surface area (Å²) in [5.41, 5.74) is -0.827. The monoisotopic (exact) mass is 509 g/mol. The van der Waals surface area contributed by atoms with E-state index < -0.39 is 29.3 Å². The molecule has 0 bridgehead atoms. The molecule has 0 aliphatic carbocycles. The third kappa shape index (κ3) is 5.25. The van der Waals surface area contributed by atoms with Crippen molar-refractivity contribution in [3.8, 4) is 40.1 Å². The zero-order valence-corrected chi connectivity index (χ0v) is 20.2. The number of halogens is 1. The fourth-order valence-electron chi connectivity index (χ4n) is 4.25. The number of rotatable bonds is 5. The van der Waals surface area contributed by atoms with Gasteiger partial charge in [-0.2, -0.15) is 0 Å². The normalized spacial score (nSPS) is 20.2. The van der Waals surface area contributed by atoms with Gasteiger partial charge in [0.2, 0.25) is 11.2 Å². The van der Waals surface area contributed by atoms with Crippen LogP contribution in [0.5, 0.6) is 28.7 Å². The standard InChI is InChI=1S/C24H27NO9.ClH/c1-11-9-25(10-12(2)32-11)24(13(3)26)34-18-6-14(4-5-16(18)28)23-22(31)21(30)20-17(29)7-15(27)8-19(20)33-23;/h4-8,11-13,24,26-29,31H,9-10H2,1-3H3;1H/t11-,12+,13?,24?;. The molecule has 10 nitrogen and oxygen atoms in total. The van der Waals surface area contributed by atoms with Crippen LogP contribution in [-0.2, 0) is 4.74 Å². The van der Waals surface area contributed by atoms with E-state index in [0.717, 1.165) is 12.1 Å².